The Morgan fingerprint density at radius 2 is 2.03 bits per heavy atom. The Balaban J connectivity index is -0.00000000124. The van der Waals surface area contributed by atoms with Crippen molar-refractivity contribution in [3.8, 4) is 0 Å². The van der Waals surface area contributed by atoms with Crippen molar-refractivity contribution >= 4 is 11.0 Å². The largest absolute Gasteiger partial charge is 0.382 e. The molecule has 4 heterocycles. The molecule has 1 N–H and O–H groups in total. The highest BCUT2D eigenvalue weighted by Crippen LogP contribution is 2.48. The summed E-state index contributed by atoms with van der Waals surface area (Å²) in [4.78, 5) is 21.4. The number of halogens is 1. The number of fused-ring (bicyclic) bond motifs is 2. The van der Waals surface area contributed by atoms with E-state index in [-0.39, 0.29) is 223 Å². The number of aliphatic hydroxyl groups is 1. The lowest BCUT2D eigenvalue weighted by Gasteiger charge is -2.51. The first-order valence-corrected chi connectivity index (χ1v) is 14.4. The van der Waals surface area contributed by atoms with Crippen molar-refractivity contribution in [2.24, 2.45) is 5.41 Å². The van der Waals surface area contributed by atoms with Crippen molar-refractivity contribution in [2.75, 3.05) is 6.54 Å². The first-order valence-electron chi connectivity index (χ1n) is 14.8. The van der Waals surface area contributed by atoms with Gasteiger partial charge in [0.25, 0.3) is 5.56 Å². The molecule has 8 heteroatoms. The number of aromatic nitrogens is 3. The molecule has 3 aromatic rings. The SMILES string of the molecule is [2H]OC1(C)CCCn2c1nc(C(C)C)c(CC(C)N1CCC(c3noc4c(C)c(F)ccc34)C(C)(C)C1C)c2=O.[HH].[HH].[HH].[HH].[HH].[HH].[HH].[HH].[HH].[HH].[HH].[HH].[HH].[HH].[HH].[HH].[HH].[HH].[HH].[HH].[HH].[HH].[HH].[HH].[HH].[HH].[HH].[HH].[HH].[HH].[HH].[HH].[HH].[HH].[HH].[HH].[HH].[HH].[HH].[HH].[HH].[HH].[HH].[HH].[HH].[HH].[HH].[HH].[HH].[HH].[HH].[HH].[HH].[HH].[HH].[HH].[HH].[HH].[HH].[HH].[HH].[HH].[HH].[HH].[HH].[HH].[HH].[HH].[HH].[HH].[HH].[HH].[HH].[HH].[HH].[HH].[HH].[HH].[HH].[HH].[HH].[HH].[HH].[HH].[HH].[HH].[HH].[HH].[HH].[HH].[HH].[HH].[HH].[HH].[HH].[HH].[HH].[HH].[HH].[HH].[HH].[HH].[HH].[HH].[HH].[HH].[HH].[HH].[HH].[HH].[HH].[HH].[HH].[HH].[HH].[HH].[HH].[HH].[HH].[HH].[HH].[HH].[HH].[HH].[HH].[HH].[HH].[HH]. The molecule has 0 aliphatic carbocycles. The maximum Gasteiger partial charge on any atom is 0.257 e. The third-order valence-electron chi connectivity index (χ3n) is 9.75. The number of nitrogens with zero attached hydrogens (tertiary/aromatic N) is 4. The normalized spacial score (nSPS) is 26.6. The molecule has 1 aromatic carbocycles. The number of hydrogen-bond acceptors (Lipinski definition) is 6. The number of piperidine rings is 1. The van der Waals surface area contributed by atoms with Crippen LogP contribution in [0.1, 0.15) is 291 Å². The predicted octanol–water partition coefficient (Wildman–Crippen LogP) is 37.3. The second kappa shape index (κ2) is 9.81. The van der Waals surface area contributed by atoms with Crippen molar-refractivity contribution in [3.05, 3.63) is 56.6 Å². The van der Waals surface area contributed by atoms with Crippen LogP contribution in [0.4, 0.5) is 4.39 Å². The number of benzene rings is 1. The van der Waals surface area contributed by atoms with Crippen LogP contribution < -0.4 is 5.56 Å². The van der Waals surface area contributed by atoms with Crippen molar-refractivity contribution in [1.82, 2.24) is 19.6 Å². The molecule has 468 valence electrons. The van der Waals surface area contributed by atoms with E-state index in [0.717, 1.165) is 41.7 Å². The van der Waals surface area contributed by atoms with Gasteiger partial charge in [-0.2, -0.15) is 0 Å². The lowest BCUT2D eigenvalue weighted by molar-refractivity contribution is 0.00200. The standard InChI is InChI=1S/C31H43FN4O3.128H2/c1-17(2)25-22(28(37)36-14-9-13-31(8,38)29(36)33-25)16-18(3)35-15-12-23(30(6,7)20(35)5)26-21-10-11-24(32)19(4)27(21)39-34-26;;;;;;;;;;;;;;;;;;;;;;;;;;;;;;;;;;;;;;;;;;;;;;;;;;;;;;;;;;;;;;;;;;;;;;;;;;;;;;;;;;;;;;;;;;;;;;;;;;;;;;;;;;;;;;;;;;;;;;;;;;;;;;;;/h10-11,17-18,20,23,38H,9,12-16H2,1-8H3;128*1H/i38D;;;;;;;;;;;;;;;;;;;;;;;;;;;;;;;;;;;;;;;;;;;;;;;;;;;;;;;;;;;;;;;;;;;;;;;;;;;;;;;;;;;;;;;;;;;;;;;;;;;;;;;;;;;;;;;;;;;;;;;;;;;;;;;;. The van der Waals surface area contributed by atoms with Gasteiger partial charge in [-0.3, -0.25) is 14.3 Å². The molecule has 0 spiro atoms. The number of likely N-dealkylation sites (tertiary alicyclic amines) is 1. The zero-order valence-corrected chi connectivity index (χ0v) is 24.6. The van der Waals surface area contributed by atoms with E-state index in [1.54, 1.807) is 17.6 Å². The zero-order chi connectivity index (χ0) is 29.1. The highest BCUT2D eigenvalue weighted by molar-refractivity contribution is 5.83. The first kappa shape index (κ1) is 26.6. The van der Waals surface area contributed by atoms with Gasteiger partial charge in [-0.15, -0.1) is 0 Å². The Morgan fingerprint density at radius 1 is 1.28 bits per heavy atom. The molecule has 0 saturated carbocycles. The van der Waals surface area contributed by atoms with E-state index in [4.69, 9.17) is 16.0 Å². The van der Waals surface area contributed by atoms with Gasteiger partial charge in [0.05, 0.1) is 11.4 Å². The highest BCUT2D eigenvalue weighted by Gasteiger charge is 2.46. The molecule has 1 saturated heterocycles. The van der Waals surface area contributed by atoms with E-state index < -0.39 is 5.60 Å². The zero-order valence-electron chi connectivity index (χ0n) is 25.6. The molecule has 0 amide bonds. The average Bonchev–Trinajstić information content (AvgIpc) is 3.33. The Hall–Kier alpha value is -2.58. The van der Waals surface area contributed by atoms with E-state index in [1.165, 1.54) is 6.07 Å². The summed E-state index contributed by atoms with van der Waals surface area (Å²) in [6.45, 7) is 18.2. The van der Waals surface area contributed by atoms with E-state index in [1.807, 2.05) is 6.92 Å². The van der Waals surface area contributed by atoms with Crippen molar-refractivity contribution in [2.45, 2.75) is 117 Å². The molecule has 7 nitrogen and oxygen atoms in total. The fraction of sp³-hybridized carbons (Fsp3) is 0.645. The minimum atomic E-state index is -0.874. The van der Waals surface area contributed by atoms with Crippen molar-refractivity contribution in [1.29, 1.82) is 1.43 Å². The summed E-state index contributed by atoms with van der Waals surface area (Å²) < 4.78 is 29.2. The second-order valence-corrected chi connectivity index (χ2v) is 13.0. The summed E-state index contributed by atoms with van der Waals surface area (Å²) >= 11 is 0. The van der Waals surface area contributed by atoms with Crippen LogP contribution in [0, 0.1) is 18.2 Å². The quantitative estimate of drug-likeness (QED) is 0.267. The van der Waals surface area contributed by atoms with Gasteiger partial charge in [0, 0.05) is 224 Å². The summed E-state index contributed by atoms with van der Waals surface area (Å²) in [6.07, 6.45) is 2.95. The predicted molar refractivity (Wildman–Crippen MR) is 421 cm³/mol. The summed E-state index contributed by atoms with van der Waals surface area (Å²) in [6, 6.07) is 3.61. The number of rotatable bonds is 6. The topological polar surface area (TPSA) is 84.4 Å². The third kappa shape index (κ3) is 4.53. The molecule has 39 heavy (non-hydrogen) atoms. The van der Waals surface area contributed by atoms with Crippen molar-refractivity contribution < 1.29 is 197 Å². The average molecular weight is 798 g/mol. The Morgan fingerprint density at radius 3 is 2.72 bits per heavy atom. The van der Waals surface area contributed by atoms with Crippen LogP contribution in [0.25, 0.3) is 11.0 Å². The second-order valence-electron chi connectivity index (χ2n) is 13.0. The van der Waals surface area contributed by atoms with Crippen LogP contribution in [0.2, 0.25) is 0 Å². The molecule has 0 bridgehead atoms. The lowest BCUT2D eigenvalue weighted by atomic mass is 9.66. The van der Waals surface area contributed by atoms with Gasteiger partial charge >= 0.3 is 0 Å². The van der Waals surface area contributed by atoms with Gasteiger partial charge < -0.3 is 9.63 Å². The molecule has 0 radical (unpaired) electrons. The van der Waals surface area contributed by atoms with Crippen LogP contribution in [-0.4, -0.2) is 44.8 Å². The third-order valence-corrected chi connectivity index (χ3v) is 9.75. The fourth-order valence-corrected chi connectivity index (χ4v) is 7.03. The Kier molecular flexibility index (Phi) is 6.70. The van der Waals surface area contributed by atoms with Gasteiger partial charge in [0.1, 0.15) is 17.2 Å². The van der Waals surface area contributed by atoms with E-state index in [9.17, 15) is 9.18 Å². The van der Waals surface area contributed by atoms with Gasteiger partial charge in [-0.05, 0) is 83.4 Å². The molecule has 4 unspecified atom stereocenters. The van der Waals surface area contributed by atoms with Gasteiger partial charge in [0.15, 0.2) is 5.58 Å². The van der Waals surface area contributed by atoms with Crippen LogP contribution >= 0.6 is 0 Å². The summed E-state index contributed by atoms with van der Waals surface area (Å²) in [5, 5.41) is 10.5. The van der Waals surface area contributed by atoms with Gasteiger partial charge in [-0.1, -0.05) is 32.9 Å². The summed E-state index contributed by atoms with van der Waals surface area (Å²) in [5.74, 6) is 0.522. The van der Waals surface area contributed by atoms with Crippen LogP contribution in [0.3, 0.4) is 0 Å². The highest BCUT2D eigenvalue weighted by atomic mass is 19.1. The maximum atomic E-state index is 14.2. The van der Waals surface area contributed by atoms with E-state index >= 15 is 0 Å². The van der Waals surface area contributed by atoms with Crippen LogP contribution in [-0.2, 0) is 18.6 Å². The van der Waals surface area contributed by atoms with Crippen LogP contribution in [0.15, 0.2) is 21.5 Å². The molecule has 5 rings (SSSR count). The maximum absolute atomic E-state index is 14.2. The summed E-state index contributed by atoms with van der Waals surface area (Å²) in [5.41, 5.74) is 2.50. The van der Waals surface area contributed by atoms with Crippen molar-refractivity contribution in [3.63, 3.8) is 0 Å². The number of hydrogen-bond donors (Lipinski definition) is 1. The van der Waals surface area contributed by atoms with E-state index in [0.29, 0.717) is 36.4 Å². The molecule has 2 aliphatic rings. The molecule has 2 aromatic heterocycles. The molecular weight excluding hydrogens is 495 g/mol. The molecule has 2 aliphatic heterocycles. The number of aryl methyl sites for hydroxylation is 1. The van der Waals surface area contributed by atoms with Crippen LogP contribution in [0.5, 0.6) is 0 Å². The molecule has 4 atom stereocenters. The van der Waals surface area contributed by atoms with Gasteiger partial charge in [0.2, 0.25) is 1.43 Å². The van der Waals surface area contributed by atoms with E-state index in [2.05, 4.69) is 51.6 Å². The van der Waals surface area contributed by atoms with Gasteiger partial charge in [-0.25, -0.2) is 9.37 Å². The summed E-state index contributed by atoms with van der Waals surface area (Å²) in [7, 11) is 0. The monoisotopic (exact) mass is 797 g/mol. The minimum absolute atomic E-state index is 0. The minimum Gasteiger partial charge on any atom is -0.382 e. The first-order chi connectivity index (χ1) is 18.8. The fourth-order valence-electron chi connectivity index (χ4n) is 7.03. The Labute approximate surface area is 421 Å². The Bertz CT molecular complexity index is 1610. The lowest BCUT2D eigenvalue weighted by Crippen LogP contribution is -2.55. The molecular formula is C31H299FN4O3. The smallest absolute Gasteiger partial charge is 0.257 e. The molecule has 1 fully saturated rings.